The van der Waals surface area contributed by atoms with E-state index in [0.717, 1.165) is 48.5 Å². The number of nitrogens with one attached hydrogen (secondary N) is 1. The van der Waals surface area contributed by atoms with Crippen molar-refractivity contribution in [3.05, 3.63) is 23.8 Å². The molecule has 1 N–H and O–H groups in total. The Morgan fingerprint density at radius 3 is 2.71 bits per heavy atom. The van der Waals surface area contributed by atoms with E-state index in [9.17, 15) is 9.59 Å². The lowest BCUT2D eigenvalue weighted by molar-refractivity contribution is -0.122. The zero-order valence-electron chi connectivity index (χ0n) is 17.3. The molecule has 0 unspecified atom stereocenters. The molecule has 1 aliphatic heterocycles. The van der Waals surface area contributed by atoms with Crippen LogP contribution in [0.15, 0.2) is 18.2 Å². The van der Waals surface area contributed by atoms with E-state index >= 15 is 0 Å². The Kier molecular flexibility index (Phi) is 7.49. The van der Waals surface area contributed by atoms with Crippen LogP contribution < -0.4 is 10.2 Å². The number of carbonyl (C=O) groups excluding carboxylic acids is 2. The number of ether oxygens (including phenoxy) is 1. The van der Waals surface area contributed by atoms with Crippen molar-refractivity contribution >= 4 is 23.2 Å². The van der Waals surface area contributed by atoms with Gasteiger partial charge in [0.15, 0.2) is 0 Å². The van der Waals surface area contributed by atoms with Crippen molar-refractivity contribution in [2.45, 2.75) is 64.7 Å². The highest BCUT2D eigenvalue weighted by atomic mass is 16.5. The molecular formula is C23H34N2O3. The number of aryl methyl sites for hydroxylation is 1. The van der Waals surface area contributed by atoms with Crippen molar-refractivity contribution in [3.8, 4) is 0 Å². The molecule has 5 nitrogen and oxygen atoms in total. The van der Waals surface area contributed by atoms with Gasteiger partial charge >= 0.3 is 0 Å². The van der Waals surface area contributed by atoms with E-state index in [1.54, 1.807) is 4.90 Å². The van der Waals surface area contributed by atoms with E-state index in [2.05, 4.69) is 12.2 Å². The number of hydrogen-bond acceptors (Lipinski definition) is 3. The molecule has 5 heteroatoms. The average Bonchev–Trinajstić information content (AvgIpc) is 2.72. The maximum absolute atomic E-state index is 12.8. The van der Waals surface area contributed by atoms with Crippen LogP contribution in [0.25, 0.3) is 0 Å². The number of hydrogen-bond donors (Lipinski definition) is 1. The van der Waals surface area contributed by atoms with Crippen LogP contribution in [-0.4, -0.2) is 32.1 Å². The van der Waals surface area contributed by atoms with Gasteiger partial charge in [-0.2, -0.15) is 0 Å². The molecule has 0 aromatic heterocycles. The van der Waals surface area contributed by atoms with Crippen LogP contribution >= 0.6 is 0 Å². The summed E-state index contributed by atoms with van der Waals surface area (Å²) in [4.78, 5) is 26.9. The first-order chi connectivity index (χ1) is 13.6. The molecule has 1 saturated carbocycles. The summed E-state index contributed by atoms with van der Waals surface area (Å²) in [6.45, 7) is 3.02. The first-order valence-electron chi connectivity index (χ1n) is 10.9. The van der Waals surface area contributed by atoms with Crippen LogP contribution in [0.5, 0.6) is 0 Å². The summed E-state index contributed by atoms with van der Waals surface area (Å²) in [7, 11) is 1.54. The second-order valence-electron chi connectivity index (χ2n) is 8.27. The van der Waals surface area contributed by atoms with E-state index in [1.807, 2.05) is 18.2 Å². The Morgan fingerprint density at radius 2 is 2.00 bits per heavy atom. The third kappa shape index (κ3) is 5.13. The number of carbonyl (C=O) groups is 2. The maximum atomic E-state index is 12.8. The largest absolute Gasteiger partial charge is 0.375 e. The van der Waals surface area contributed by atoms with Crippen molar-refractivity contribution in [1.82, 2.24) is 0 Å². The second kappa shape index (κ2) is 10.1. The summed E-state index contributed by atoms with van der Waals surface area (Å²) in [6.07, 6.45) is 10.1. The number of rotatable bonds is 7. The van der Waals surface area contributed by atoms with Crippen molar-refractivity contribution < 1.29 is 14.3 Å². The van der Waals surface area contributed by atoms with Crippen molar-refractivity contribution in [2.75, 3.05) is 30.5 Å². The first kappa shape index (κ1) is 20.8. The number of fused-ring (bicyclic) bond motifs is 1. The van der Waals surface area contributed by atoms with Crippen molar-refractivity contribution in [2.24, 2.45) is 11.8 Å². The third-order valence-corrected chi connectivity index (χ3v) is 6.22. The zero-order chi connectivity index (χ0) is 19.9. The fraction of sp³-hybridized carbons (Fsp3) is 0.652. The minimum Gasteiger partial charge on any atom is -0.375 e. The smallest absolute Gasteiger partial charge is 0.252 e. The van der Waals surface area contributed by atoms with Gasteiger partial charge in [-0.15, -0.1) is 0 Å². The molecule has 1 aliphatic carbocycles. The Balaban J connectivity index is 1.61. The minimum atomic E-state index is -0.0303. The van der Waals surface area contributed by atoms with Gasteiger partial charge in [0.2, 0.25) is 5.91 Å². The highest BCUT2D eigenvalue weighted by Gasteiger charge is 2.27. The monoisotopic (exact) mass is 386 g/mol. The normalized spacial score (nSPS) is 21.9. The summed E-state index contributed by atoms with van der Waals surface area (Å²) < 4.78 is 5.02. The molecule has 0 atom stereocenters. The molecule has 154 valence electrons. The summed E-state index contributed by atoms with van der Waals surface area (Å²) in [5, 5.41) is 3.10. The van der Waals surface area contributed by atoms with Crippen LogP contribution in [-0.2, 0) is 20.7 Å². The molecule has 0 spiro atoms. The highest BCUT2D eigenvalue weighted by molar-refractivity contribution is 5.97. The van der Waals surface area contributed by atoms with Gasteiger partial charge in [0, 0.05) is 30.9 Å². The number of unbranched alkanes of at least 4 members (excludes halogenated alkanes) is 1. The van der Waals surface area contributed by atoms with Gasteiger partial charge in [-0.05, 0) is 62.1 Å². The average molecular weight is 387 g/mol. The molecule has 2 aliphatic rings. The second-order valence-corrected chi connectivity index (χ2v) is 8.27. The fourth-order valence-electron chi connectivity index (χ4n) is 4.56. The molecule has 28 heavy (non-hydrogen) atoms. The summed E-state index contributed by atoms with van der Waals surface area (Å²) in [5.41, 5.74) is 2.86. The van der Waals surface area contributed by atoms with E-state index in [0.29, 0.717) is 6.54 Å². The molecule has 1 heterocycles. The molecule has 0 bridgehead atoms. The van der Waals surface area contributed by atoms with E-state index in [1.165, 1.54) is 39.2 Å². The van der Waals surface area contributed by atoms with Gasteiger partial charge in [-0.1, -0.05) is 32.3 Å². The molecule has 1 fully saturated rings. The maximum Gasteiger partial charge on any atom is 0.252 e. The van der Waals surface area contributed by atoms with Gasteiger partial charge in [0.1, 0.15) is 6.61 Å². The summed E-state index contributed by atoms with van der Waals surface area (Å²) in [6, 6.07) is 5.96. The van der Waals surface area contributed by atoms with Gasteiger partial charge in [-0.3, -0.25) is 9.59 Å². The van der Waals surface area contributed by atoms with Crippen LogP contribution in [0.2, 0.25) is 0 Å². The quantitative estimate of drug-likeness (QED) is 0.748. The molecule has 1 aromatic rings. The number of nitrogens with zero attached hydrogens (tertiary/aromatic N) is 1. The zero-order valence-corrected chi connectivity index (χ0v) is 17.3. The topological polar surface area (TPSA) is 58.6 Å². The number of anilines is 2. The van der Waals surface area contributed by atoms with Gasteiger partial charge in [0.05, 0.1) is 0 Å². The SMILES string of the molecule is CCCCC1CCC(C(=O)Nc2ccc3c(c2)N(C(=O)COC)CCC3)CC1. The van der Waals surface area contributed by atoms with E-state index in [4.69, 9.17) is 4.74 Å². The van der Waals surface area contributed by atoms with E-state index < -0.39 is 0 Å². The molecular weight excluding hydrogens is 352 g/mol. The lowest BCUT2D eigenvalue weighted by Crippen LogP contribution is -2.37. The Morgan fingerprint density at radius 1 is 1.21 bits per heavy atom. The third-order valence-electron chi connectivity index (χ3n) is 6.22. The van der Waals surface area contributed by atoms with E-state index in [-0.39, 0.29) is 24.3 Å². The van der Waals surface area contributed by atoms with Gasteiger partial charge in [0.25, 0.3) is 5.91 Å². The number of methoxy groups -OCH3 is 1. The Hall–Kier alpha value is -1.88. The van der Waals surface area contributed by atoms with Crippen molar-refractivity contribution in [3.63, 3.8) is 0 Å². The number of benzene rings is 1. The van der Waals surface area contributed by atoms with Gasteiger partial charge < -0.3 is 15.0 Å². The van der Waals surface area contributed by atoms with Crippen LogP contribution in [0.1, 0.15) is 63.9 Å². The minimum absolute atomic E-state index is 0.0303. The number of amides is 2. The van der Waals surface area contributed by atoms with Crippen LogP contribution in [0.4, 0.5) is 11.4 Å². The summed E-state index contributed by atoms with van der Waals surface area (Å²) >= 11 is 0. The first-order valence-corrected chi connectivity index (χ1v) is 10.9. The van der Waals surface area contributed by atoms with Gasteiger partial charge in [-0.25, -0.2) is 0 Å². The lowest BCUT2D eigenvalue weighted by atomic mass is 9.79. The fourth-order valence-corrected chi connectivity index (χ4v) is 4.56. The van der Waals surface area contributed by atoms with Crippen molar-refractivity contribution in [1.29, 1.82) is 0 Å². The molecule has 1 aromatic carbocycles. The molecule has 0 saturated heterocycles. The highest BCUT2D eigenvalue weighted by Crippen LogP contribution is 2.34. The lowest BCUT2D eigenvalue weighted by Gasteiger charge is -2.30. The van der Waals surface area contributed by atoms with Crippen LogP contribution in [0, 0.1) is 11.8 Å². The molecule has 0 radical (unpaired) electrons. The molecule has 2 amide bonds. The Labute approximate surface area is 168 Å². The predicted octanol–water partition coefficient (Wildman–Crippen LogP) is 4.55. The summed E-state index contributed by atoms with van der Waals surface area (Å²) in [5.74, 6) is 1.00. The standard InChI is InChI=1S/C23H34N2O3/c1-3-4-6-17-8-10-19(11-9-17)23(27)24-20-13-12-18-7-5-14-25(21(18)15-20)22(26)16-28-2/h12-13,15,17,19H,3-11,14,16H2,1-2H3,(H,24,27). The Bertz CT molecular complexity index is 680. The van der Waals surface area contributed by atoms with Crippen LogP contribution in [0.3, 0.4) is 0 Å². The predicted molar refractivity (Wildman–Crippen MR) is 113 cm³/mol. The molecule has 3 rings (SSSR count).